The third-order valence-corrected chi connectivity index (χ3v) is 4.34. The molecule has 7 heteroatoms. The molecular formula is C23H26N2O5. The molecule has 0 spiro atoms. The summed E-state index contributed by atoms with van der Waals surface area (Å²) in [5, 5.41) is 2.63. The van der Waals surface area contributed by atoms with Crippen LogP contribution in [0.1, 0.15) is 29.8 Å². The predicted octanol–water partition coefficient (Wildman–Crippen LogP) is 3.37. The molecule has 2 amide bonds. The van der Waals surface area contributed by atoms with E-state index in [1.165, 1.54) is 6.08 Å². The predicted molar refractivity (Wildman–Crippen MR) is 115 cm³/mol. The van der Waals surface area contributed by atoms with Crippen LogP contribution in [0.3, 0.4) is 0 Å². The first-order valence-corrected chi connectivity index (χ1v) is 9.64. The average Bonchev–Trinajstić information content (AvgIpc) is 2.78. The van der Waals surface area contributed by atoms with Gasteiger partial charge in [0.05, 0.1) is 7.11 Å². The van der Waals surface area contributed by atoms with Gasteiger partial charge in [-0.2, -0.15) is 0 Å². The van der Waals surface area contributed by atoms with E-state index >= 15 is 0 Å². The first kappa shape index (κ1) is 22.7. The van der Waals surface area contributed by atoms with Gasteiger partial charge in [0.1, 0.15) is 5.75 Å². The summed E-state index contributed by atoms with van der Waals surface area (Å²) in [6, 6.07) is 13.7. The molecule has 0 radical (unpaired) electrons. The maximum absolute atomic E-state index is 12.3. The molecule has 2 aromatic rings. The first-order valence-electron chi connectivity index (χ1n) is 9.64. The molecule has 2 rings (SSSR count). The van der Waals surface area contributed by atoms with E-state index in [2.05, 4.69) is 5.32 Å². The Kier molecular flexibility index (Phi) is 8.62. The number of carbonyl (C=O) groups is 3. The summed E-state index contributed by atoms with van der Waals surface area (Å²) < 4.78 is 10.0. The number of esters is 1. The lowest BCUT2D eigenvalue weighted by Crippen LogP contribution is -2.30. The van der Waals surface area contributed by atoms with E-state index in [0.29, 0.717) is 24.3 Å². The first-order chi connectivity index (χ1) is 14.5. The number of amides is 2. The van der Waals surface area contributed by atoms with Crippen molar-refractivity contribution in [2.45, 2.75) is 13.8 Å². The fourth-order valence-electron chi connectivity index (χ4n) is 2.65. The molecule has 0 atom stereocenters. The van der Waals surface area contributed by atoms with Crippen molar-refractivity contribution in [2.24, 2.45) is 0 Å². The van der Waals surface area contributed by atoms with Crippen molar-refractivity contribution in [1.29, 1.82) is 0 Å². The summed E-state index contributed by atoms with van der Waals surface area (Å²) >= 11 is 0. The highest BCUT2D eigenvalue weighted by molar-refractivity contribution is 5.97. The van der Waals surface area contributed by atoms with E-state index in [-0.39, 0.29) is 5.91 Å². The quantitative estimate of drug-likeness (QED) is 0.506. The molecule has 0 heterocycles. The van der Waals surface area contributed by atoms with E-state index < -0.39 is 18.5 Å². The van der Waals surface area contributed by atoms with Crippen LogP contribution in [0.5, 0.6) is 5.75 Å². The Hall–Kier alpha value is -3.61. The number of rotatable bonds is 9. The van der Waals surface area contributed by atoms with Gasteiger partial charge in [-0.1, -0.05) is 12.1 Å². The number of benzene rings is 2. The smallest absolute Gasteiger partial charge is 0.331 e. The minimum absolute atomic E-state index is 0.0598. The normalized spacial score (nSPS) is 10.5. The molecule has 158 valence electrons. The highest BCUT2D eigenvalue weighted by Crippen LogP contribution is 2.13. The Morgan fingerprint density at radius 3 is 2.17 bits per heavy atom. The number of anilines is 1. The zero-order valence-corrected chi connectivity index (χ0v) is 17.4. The lowest BCUT2D eigenvalue weighted by atomic mass is 10.2. The van der Waals surface area contributed by atoms with Gasteiger partial charge in [-0.25, -0.2) is 4.79 Å². The monoisotopic (exact) mass is 410 g/mol. The topological polar surface area (TPSA) is 84.9 Å². The van der Waals surface area contributed by atoms with Gasteiger partial charge < -0.3 is 19.7 Å². The zero-order chi connectivity index (χ0) is 21.9. The van der Waals surface area contributed by atoms with Gasteiger partial charge in [-0.15, -0.1) is 0 Å². The molecule has 0 fully saturated rings. The number of hydrogen-bond acceptors (Lipinski definition) is 5. The van der Waals surface area contributed by atoms with Crippen LogP contribution in [-0.2, 0) is 14.3 Å². The van der Waals surface area contributed by atoms with E-state index in [4.69, 9.17) is 9.47 Å². The maximum atomic E-state index is 12.3. The van der Waals surface area contributed by atoms with Gasteiger partial charge in [-0.05, 0) is 61.9 Å². The van der Waals surface area contributed by atoms with Crippen LogP contribution in [0.15, 0.2) is 54.6 Å². The van der Waals surface area contributed by atoms with Gasteiger partial charge in [0.2, 0.25) is 0 Å². The maximum Gasteiger partial charge on any atom is 0.331 e. The average molecular weight is 410 g/mol. The van der Waals surface area contributed by atoms with Gasteiger partial charge in [0.25, 0.3) is 11.8 Å². The zero-order valence-electron chi connectivity index (χ0n) is 17.4. The Bertz CT molecular complexity index is 885. The number of nitrogens with one attached hydrogen (secondary N) is 1. The fourth-order valence-corrected chi connectivity index (χ4v) is 2.65. The lowest BCUT2D eigenvalue weighted by molar-refractivity contribution is -0.142. The second kappa shape index (κ2) is 11.4. The second-order valence-electron chi connectivity index (χ2n) is 6.32. The van der Waals surface area contributed by atoms with Crippen LogP contribution in [-0.4, -0.2) is 49.5 Å². The standard InChI is InChI=1S/C23H26N2O5/c1-4-25(5-2)23(28)18-9-11-19(12-10-18)24-21(26)16-30-22(27)15-8-17-6-13-20(29-3)14-7-17/h6-15H,4-5,16H2,1-3H3,(H,24,26)/b15-8+. The van der Waals surface area contributed by atoms with Crippen molar-refractivity contribution in [3.63, 3.8) is 0 Å². The van der Waals surface area contributed by atoms with Crippen LogP contribution in [0.25, 0.3) is 6.08 Å². The molecule has 30 heavy (non-hydrogen) atoms. The van der Waals surface area contributed by atoms with Crippen molar-refractivity contribution >= 4 is 29.5 Å². The van der Waals surface area contributed by atoms with Crippen molar-refractivity contribution in [1.82, 2.24) is 4.90 Å². The van der Waals surface area contributed by atoms with Gasteiger partial charge in [-0.3, -0.25) is 9.59 Å². The van der Waals surface area contributed by atoms with Crippen LogP contribution in [0, 0.1) is 0 Å². The number of hydrogen-bond donors (Lipinski definition) is 1. The molecule has 0 aromatic heterocycles. The Labute approximate surface area is 176 Å². The van der Waals surface area contributed by atoms with Crippen LogP contribution < -0.4 is 10.1 Å². The summed E-state index contributed by atoms with van der Waals surface area (Å²) in [5.74, 6) is -0.433. The largest absolute Gasteiger partial charge is 0.497 e. The summed E-state index contributed by atoms with van der Waals surface area (Å²) in [6.45, 7) is 4.69. The third kappa shape index (κ3) is 6.77. The minimum Gasteiger partial charge on any atom is -0.497 e. The van der Waals surface area contributed by atoms with E-state index in [1.54, 1.807) is 66.6 Å². The molecule has 0 aliphatic rings. The number of ether oxygens (including phenoxy) is 2. The van der Waals surface area contributed by atoms with E-state index in [1.807, 2.05) is 13.8 Å². The molecule has 0 aliphatic heterocycles. The van der Waals surface area contributed by atoms with Crippen molar-refractivity contribution in [2.75, 3.05) is 32.1 Å². The molecule has 1 N–H and O–H groups in total. The van der Waals surface area contributed by atoms with Crippen LogP contribution >= 0.6 is 0 Å². The van der Waals surface area contributed by atoms with Crippen LogP contribution in [0.4, 0.5) is 5.69 Å². The molecule has 7 nitrogen and oxygen atoms in total. The summed E-state index contributed by atoms with van der Waals surface area (Å²) in [7, 11) is 1.58. The summed E-state index contributed by atoms with van der Waals surface area (Å²) in [6.07, 6.45) is 2.84. The fraction of sp³-hybridized carbons (Fsp3) is 0.261. The Morgan fingerprint density at radius 1 is 0.967 bits per heavy atom. The molecule has 2 aromatic carbocycles. The van der Waals surface area contributed by atoms with Gasteiger partial charge in [0.15, 0.2) is 6.61 Å². The number of methoxy groups -OCH3 is 1. The van der Waals surface area contributed by atoms with Crippen molar-refractivity contribution in [3.8, 4) is 5.75 Å². The Morgan fingerprint density at radius 2 is 1.60 bits per heavy atom. The molecule has 0 bridgehead atoms. The molecule has 0 saturated heterocycles. The van der Waals surface area contributed by atoms with Crippen molar-refractivity contribution < 1.29 is 23.9 Å². The highest BCUT2D eigenvalue weighted by atomic mass is 16.5. The summed E-state index contributed by atoms with van der Waals surface area (Å²) in [5.41, 5.74) is 1.87. The lowest BCUT2D eigenvalue weighted by Gasteiger charge is -2.18. The molecule has 0 aliphatic carbocycles. The number of nitrogens with zero attached hydrogens (tertiary/aromatic N) is 1. The van der Waals surface area contributed by atoms with Gasteiger partial charge in [0, 0.05) is 30.4 Å². The molecule has 0 saturated carbocycles. The third-order valence-electron chi connectivity index (χ3n) is 4.34. The molecular weight excluding hydrogens is 384 g/mol. The number of carbonyl (C=O) groups excluding carboxylic acids is 3. The highest BCUT2D eigenvalue weighted by Gasteiger charge is 2.12. The molecule has 0 unspecified atom stereocenters. The summed E-state index contributed by atoms with van der Waals surface area (Å²) in [4.78, 5) is 37.8. The van der Waals surface area contributed by atoms with E-state index in [0.717, 1.165) is 11.3 Å². The van der Waals surface area contributed by atoms with E-state index in [9.17, 15) is 14.4 Å². The minimum atomic E-state index is -0.624. The second-order valence-corrected chi connectivity index (χ2v) is 6.32. The Balaban J connectivity index is 1.81. The van der Waals surface area contributed by atoms with Gasteiger partial charge >= 0.3 is 5.97 Å². The van der Waals surface area contributed by atoms with Crippen LogP contribution in [0.2, 0.25) is 0 Å². The van der Waals surface area contributed by atoms with Crippen molar-refractivity contribution in [3.05, 3.63) is 65.7 Å². The SMILES string of the molecule is CCN(CC)C(=O)c1ccc(NC(=O)COC(=O)/C=C/c2ccc(OC)cc2)cc1.